The van der Waals surface area contributed by atoms with Gasteiger partial charge in [0.25, 0.3) is 5.91 Å². The number of rotatable bonds is 4. The molecular formula is C21H23N4O3+. The zero-order valence-corrected chi connectivity index (χ0v) is 15.5. The fourth-order valence-electron chi connectivity index (χ4n) is 4.05. The molecule has 0 saturated carbocycles. The molecule has 1 fully saturated rings. The number of piperidine rings is 1. The standard InChI is InChI=1S/C21H22N4O3/c26-20(22-15-5-6-18-19(11-15)28-13-27-18)12-25-9-7-14(8-10-25)21-23-16-3-1-2-4-17(16)24-21/h1-6,11,14H,7-10,12-13H2,(H,22,26)(H,23,24)/p+1. The average Bonchev–Trinajstić information content (AvgIpc) is 3.34. The van der Waals surface area contributed by atoms with E-state index in [2.05, 4.69) is 16.4 Å². The van der Waals surface area contributed by atoms with E-state index < -0.39 is 0 Å². The number of ether oxygens (including phenoxy) is 2. The Hall–Kier alpha value is -3.06. The van der Waals surface area contributed by atoms with E-state index in [-0.39, 0.29) is 12.7 Å². The maximum Gasteiger partial charge on any atom is 0.279 e. The first-order valence-corrected chi connectivity index (χ1v) is 9.72. The van der Waals surface area contributed by atoms with Crippen LogP contribution in [-0.4, -0.2) is 42.3 Å². The fraction of sp³-hybridized carbons (Fsp3) is 0.333. The van der Waals surface area contributed by atoms with Crippen LogP contribution in [0.3, 0.4) is 0 Å². The molecule has 0 bridgehead atoms. The molecule has 144 valence electrons. The lowest BCUT2D eigenvalue weighted by Crippen LogP contribution is -3.14. The van der Waals surface area contributed by atoms with Crippen molar-refractivity contribution in [2.75, 3.05) is 31.7 Å². The van der Waals surface area contributed by atoms with Crippen molar-refractivity contribution in [3.05, 3.63) is 48.3 Å². The second kappa shape index (κ2) is 7.16. The third-order valence-electron chi connectivity index (χ3n) is 5.55. The molecule has 1 saturated heterocycles. The number of anilines is 1. The topological polar surface area (TPSA) is 80.7 Å². The van der Waals surface area contributed by atoms with Crippen LogP contribution >= 0.6 is 0 Å². The molecule has 5 rings (SSSR count). The Morgan fingerprint density at radius 3 is 2.82 bits per heavy atom. The van der Waals surface area contributed by atoms with Crippen molar-refractivity contribution in [1.82, 2.24) is 9.97 Å². The van der Waals surface area contributed by atoms with Crippen LogP contribution in [0.5, 0.6) is 11.5 Å². The largest absolute Gasteiger partial charge is 0.454 e. The number of para-hydroxylation sites is 2. The summed E-state index contributed by atoms with van der Waals surface area (Å²) >= 11 is 0. The summed E-state index contributed by atoms with van der Waals surface area (Å²) in [4.78, 5) is 21.9. The number of aromatic amines is 1. The molecule has 0 spiro atoms. The minimum Gasteiger partial charge on any atom is -0.454 e. The van der Waals surface area contributed by atoms with Gasteiger partial charge < -0.3 is 24.7 Å². The zero-order valence-electron chi connectivity index (χ0n) is 15.5. The number of H-pyrrole nitrogens is 1. The molecule has 1 amide bonds. The van der Waals surface area contributed by atoms with E-state index in [9.17, 15) is 4.79 Å². The number of imidazole rings is 1. The van der Waals surface area contributed by atoms with Gasteiger partial charge in [-0.1, -0.05) is 12.1 Å². The van der Waals surface area contributed by atoms with Gasteiger partial charge in [0.2, 0.25) is 6.79 Å². The van der Waals surface area contributed by atoms with E-state index in [1.807, 2.05) is 36.4 Å². The molecule has 2 aliphatic heterocycles. The number of hydrogen-bond donors (Lipinski definition) is 3. The van der Waals surface area contributed by atoms with Gasteiger partial charge in [0.15, 0.2) is 18.0 Å². The number of aromatic nitrogens is 2. The van der Waals surface area contributed by atoms with Crippen molar-refractivity contribution in [2.45, 2.75) is 18.8 Å². The predicted octanol–water partition coefficient (Wildman–Crippen LogP) is 1.69. The van der Waals surface area contributed by atoms with Crippen molar-refractivity contribution in [1.29, 1.82) is 0 Å². The lowest BCUT2D eigenvalue weighted by atomic mass is 9.96. The van der Waals surface area contributed by atoms with Crippen LogP contribution in [0.4, 0.5) is 5.69 Å². The van der Waals surface area contributed by atoms with E-state index in [4.69, 9.17) is 14.5 Å². The molecule has 0 aliphatic carbocycles. The summed E-state index contributed by atoms with van der Waals surface area (Å²) in [5.74, 6) is 2.93. The van der Waals surface area contributed by atoms with Gasteiger partial charge in [-0.15, -0.1) is 0 Å². The first-order valence-electron chi connectivity index (χ1n) is 9.72. The number of likely N-dealkylation sites (tertiary alicyclic amines) is 1. The van der Waals surface area contributed by atoms with Gasteiger partial charge >= 0.3 is 0 Å². The van der Waals surface area contributed by atoms with Crippen LogP contribution in [0.1, 0.15) is 24.6 Å². The molecule has 0 atom stereocenters. The van der Waals surface area contributed by atoms with E-state index in [0.717, 1.165) is 54.2 Å². The Kier molecular flexibility index (Phi) is 4.37. The number of nitrogens with zero attached hydrogens (tertiary/aromatic N) is 1. The Morgan fingerprint density at radius 2 is 1.96 bits per heavy atom. The van der Waals surface area contributed by atoms with E-state index in [1.54, 1.807) is 0 Å². The second-order valence-electron chi connectivity index (χ2n) is 7.46. The lowest BCUT2D eigenvalue weighted by Gasteiger charge is -2.27. The zero-order chi connectivity index (χ0) is 18.9. The highest BCUT2D eigenvalue weighted by molar-refractivity contribution is 5.91. The molecule has 3 heterocycles. The van der Waals surface area contributed by atoms with Gasteiger partial charge in [-0.2, -0.15) is 0 Å². The first kappa shape index (κ1) is 17.1. The number of hydrogen-bond acceptors (Lipinski definition) is 4. The Morgan fingerprint density at radius 1 is 1.14 bits per heavy atom. The summed E-state index contributed by atoms with van der Waals surface area (Å²) in [6.07, 6.45) is 2.07. The van der Waals surface area contributed by atoms with Crippen LogP contribution in [0.2, 0.25) is 0 Å². The molecule has 3 N–H and O–H groups in total. The Labute approximate surface area is 162 Å². The number of fused-ring (bicyclic) bond motifs is 2. The summed E-state index contributed by atoms with van der Waals surface area (Å²) in [5.41, 5.74) is 2.86. The predicted molar refractivity (Wildman–Crippen MR) is 105 cm³/mol. The van der Waals surface area contributed by atoms with Gasteiger partial charge in [-0.05, 0) is 24.3 Å². The number of carbonyl (C=O) groups excluding carboxylic acids is 1. The van der Waals surface area contributed by atoms with Crippen LogP contribution in [0, 0.1) is 0 Å². The SMILES string of the molecule is O=C(C[NH+]1CCC(c2nc3ccccc3[nH]2)CC1)Nc1ccc2c(c1)OCO2. The van der Waals surface area contributed by atoms with Crippen LogP contribution < -0.4 is 19.7 Å². The first-order chi connectivity index (χ1) is 13.7. The van der Waals surface area contributed by atoms with E-state index in [1.165, 1.54) is 4.90 Å². The minimum atomic E-state index is 0.0241. The highest BCUT2D eigenvalue weighted by Crippen LogP contribution is 2.34. The van der Waals surface area contributed by atoms with Crippen LogP contribution in [0.25, 0.3) is 11.0 Å². The maximum absolute atomic E-state index is 12.4. The van der Waals surface area contributed by atoms with Crippen molar-refractivity contribution >= 4 is 22.6 Å². The third kappa shape index (κ3) is 3.41. The fourth-order valence-corrected chi connectivity index (χ4v) is 4.05. The summed E-state index contributed by atoms with van der Waals surface area (Å²) in [7, 11) is 0. The van der Waals surface area contributed by atoms with Crippen molar-refractivity contribution in [2.24, 2.45) is 0 Å². The molecular weight excluding hydrogens is 356 g/mol. The molecule has 2 aliphatic rings. The van der Waals surface area contributed by atoms with Crippen LogP contribution in [0.15, 0.2) is 42.5 Å². The normalized spacial score (nSPS) is 21.0. The van der Waals surface area contributed by atoms with E-state index >= 15 is 0 Å². The lowest BCUT2D eigenvalue weighted by molar-refractivity contribution is -0.897. The minimum absolute atomic E-state index is 0.0241. The molecule has 2 aromatic carbocycles. The third-order valence-corrected chi connectivity index (χ3v) is 5.55. The number of carbonyl (C=O) groups is 1. The molecule has 28 heavy (non-hydrogen) atoms. The van der Waals surface area contributed by atoms with Gasteiger partial charge in [-0.25, -0.2) is 4.98 Å². The second-order valence-corrected chi connectivity index (χ2v) is 7.46. The van der Waals surface area contributed by atoms with Crippen LogP contribution in [-0.2, 0) is 4.79 Å². The molecule has 7 heteroatoms. The van der Waals surface area contributed by atoms with Gasteiger partial charge in [0, 0.05) is 30.5 Å². The van der Waals surface area contributed by atoms with Crippen molar-refractivity contribution < 1.29 is 19.2 Å². The molecule has 7 nitrogen and oxygen atoms in total. The van der Waals surface area contributed by atoms with Gasteiger partial charge in [-0.3, -0.25) is 4.79 Å². The van der Waals surface area contributed by atoms with Gasteiger partial charge in [0.1, 0.15) is 5.82 Å². The highest BCUT2D eigenvalue weighted by atomic mass is 16.7. The smallest absolute Gasteiger partial charge is 0.279 e. The molecule has 0 radical (unpaired) electrons. The summed E-state index contributed by atoms with van der Waals surface area (Å²) in [6, 6.07) is 13.6. The summed E-state index contributed by atoms with van der Waals surface area (Å²) in [6.45, 7) is 2.64. The van der Waals surface area contributed by atoms with Crippen molar-refractivity contribution in [3.8, 4) is 11.5 Å². The Balaban J connectivity index is 1.15. The van der Waals surface area contributed by atoms with E-state index in [0.29, 0.717) is 18.2 Å². The van der Waals surface area contributed by atoms with Crippen molar-refractivity contribution in [3.63, 3.8) is 0 Å². The summed E-state index contributed by atoms with van der Waals surface area (Å²) < 4.78 is 10.7. The number of amides is 1. The number of nitrogens with one attached hydrogen (secondary N) is 3. The quantitative estimate of drug-likeness (QED) is 0.645. The molecule has 0 unspecified atom stereocenters. The average molecular weight is 379 g/mol. The number of quaternary nitrogens is 1. The monoisotopic (exact) mass is 379 g/mol. The summed E-state index contributed by atoms with van der Waals surface area (Å²) in [5, 5.41) is 2.97. The Bertz CT molecular complexity index is 975. The van der Waals surface area contributed by atoms with Gasteiger partial charge in [0.05, 0.1) is 24.1 Å². The number of benzene rings is 2. The highest BCUT2D eigenvalue weighted by Gasteiger charge is 2.27. The maximum atomic E-state index is 12.4. The molecule has 3 aromatic rings. The molecule has 1 aromatic heterocycles.